The average molecular weight is 138 g/mol. The first kappa shape index (κ1) is 9.48. The first-order valence-electron chi connectivity index (χ1n) is 4.10. The molecule has 0 fully saturated rings. The van der Waals surface area contributed by atoms with Gasteiger partial charge >= 0.3 is 0 Å². The molecule has 0 heterocycles. The molecule has 0 amide bonds. The molecule has 0 bridgehead atoms. The Labute approximate surface area is 64.6 Å². The van der Waals surface area contributed by atoms with Gasteiger partial charge in [0, 0.05) is 0 Å². The van der Waals surface area contributed by atoms with Crippen LogP contribution in [0.2, 0.25) is 0 Å². The maximum atomic E-state index is 3.72. The van der Waals surface area contributed by atoms with E-state index in [1.807, 2.05) is 6.08 Å². The number of hydrogen-bond donors (Lipinski definition) is 0. The zero-order valence-corrected chi connectivity index (χ0v) is 7.19. The summed E-state index contributed by atoms with van der Waals surface area (Å²) in [5.41, 5.74) is 1.52. The van der Waals surface area contributed by atoms with E-state index in [0.29, 0.717) is 0 Å². The van der Waals surface area contributed by atoms with Gasteiger partial charge in [-0.05, 0) is 26.2 Å². The molecule has 0 nitrogen and oxygen atoms in total. The van der Waals surface area contributed by atoms with Crippen molar-refractivity contribution in [2.45, 2.75) is 39.5 Å². The van der Waals surface area contributed by atoms with Crippen molar-refractivity contribution in [2.24, 2.45) is 0 Å². The van der Waals surface area contributed by atoms with Gasteiger partial charge in [-0.15, -0.1) is 6.58 Å². The van der Waals surface area contributed by atoms with Gasteiger partial charge in [0.15, 0.2) is 0 Å². The Morgan fingerprint density at radius 3 is 2.60 bits per heavy atom. The largest absolute Gasteiger partial charge is 0.103 e. The zero-order chi connectivity index (χ0) is 7.82. The van der Waals surface area contributed by atoms with Gasteiger partial charge in [0.2, 0.25) is 0 Å². The fourth-order valence-corrected chi connectivity index (χ4v) is 0.953. The second-order valence-corrected chi connectivity index (χ2v) is 2.54. The second-order valence-electron chi connectivity index (χ2n) is 2.54. The van der Waals surface area contributed by atoms with Crippen LogP contribution in [0, 0.1) is 0 Å². The molecule has 0 aliphatic heterocycles. The monoisotopic (exact) mass is 138 g/mol. The van der Waals surface area contributed by atoms with Crippen LogP contribution >= 0.6 is 0 Å². The predicted octanol–water partition coefficient (Wildman–Crippen LogP) is 3.70. The Morgan fingerprint density at radius 2 is 2.20 bits per heavy atom. The third-order valence-corrected chi connectivity index (χ3v) is 1.67. The smallest absolute Gasteiger partial charge is 0.0142 e. The molecule has 0 aromatic heterocycles. The van der Waals surface area contributed by atoms with Crippen LogP contribution in [-0.4, -0.2) is 0 Å². The van der Waals surface area contributed by atoms with Crippen LogP contribution in [0.5, 0.6) is 0 Å². The van der Waals surface area contributed by atoms with Gasteiger partial charge in [0.1, 0.15) is 0 Å². The van der Waals surface area contributed by atoms with Crippen LogP contribution in [0.25, 0.3) is 0 Å². The summed E-state index contributed by atoms with van der Waals surface area (Å²) in [6.45, 7) is 8.04. The summed E-state index contributed by atoms with van der Waals surface area (Å²) in [4.78, 5) is 0. The molecule has 10 heavy (non-hydrogen) atoms. The molecule has 0 saturated heterocycles. The Hall–Kier alpha value is -0.520. The molecule has 0 unspecified atom stereocenters. The first-order chi connectivity index (χ1) is 4.85. The van der Waals surface area contributed by atoms with Crippen LogP contribution in [0.15, 0.2) is 24.3 Å². The second kappa shape index (κ2) is 6.60. The number of rotatable bonds is 5. The molecular weight excluding hydrogens is 120 g/mol. The molecule has 0 spiro atoms. The highest BCUT2D eigenvalue weighted by molar-refractivity contribution is 5.04. The van der Waals surface area contributed by atoms with Crippen molar-refractivity contribution in [3.63, 3.8) is 0 Å². The summed E-state index contributed by atoms with van der Waals surface area (Å²) in [7, 11) is 0. The fraction of sp³-hybridized carbons (Fsp3) is 0.600. The molecule has 0 aromatic rings. The van der Waals surface area contributed by atoms with Crippen LogP contribution in [-0.2, 0) is 0 Å². The van der Waals surface area contributed by atoms with Gasteiger partial charge in [-0.2, -0.15) is 0 Å². The minimum Gasteiger partial charge on any atom is -0.103 e. The highest BCUT2D eigenvalue weighted by atomic mass is 14.0. The highest BCUT2D eigenvalue weighted by Crippen LogP contribution is 2.10. The molecule has 0 aliphatic carbocycles. The van der Waals surface area contributed by atoms with Gasteiger partial charge in [-0.25, -0.2) is 0 Å². The highest BCUT2D eigenvalue weighted by Gasteiger charge is 1.90. The van der Waals surface area contributed by atoms with Crippen molar-refractivity contribution in [2.75, 3.05) is 0 Å². The standard InChI is InChI=1S/C10H18/c1-4-7-9-10(6-3)8-5-2/h5-6H,2,4,7-9H2,1,3H3/b10-6-. The Morgan fingerprint density at radius 1 is 1.50 bits per heavy atom. The lowest BCUT2D eigenvalue weighted by Gasteiger charge is -2.00. The van der Waals surface area contributed by atoms with E-state index < -0.39 is 0 Å². The van der Waals surface area contributed by atoms with Crippen LogP contribution < -0.4 is 0 Å². The minimum atomic E-state index is 1.07. The summed E-state index contributed by atoms with van der Waals surface area (Å²) in [5, 5.41) is 0. The van der Waals surface area contributed by atoms with E-state index in [1.165, 1.54) is 24.8 Å². The molecule has 0 radical (unpaired) electrons. The maximum absolute atomic E-state index is 3.72. The lowest BCUT2D eigenvalue weighted by Crippen LogP contribution is -1.80. The van der Waals surface area contributed by atoms with Gasteiger partial charge in [0.05, 0.1) is 0 Å². The zero-order valence-electron chi connectivity index (χ0n) is 7.19. The van der Waals surface area contributed by atoms with E-state index in [-0.39, 0.29) is 0 Å². The summed E-state index contributed by atoms with van der Waals surface area (Å²) in [6, 6.07) is 0. The molecule has 0 rings (SSSR count). The van der Waals surface area contributed by atoms with Crippen LogP contribution in [0.1, 0.15) is 39.5 Å². The number of unbranched alkanes of at least 4 members (excludes halogenated alkanes) is 1. The number of hydrogen-bond acceptors (Lipinski definition) is 0. The summed E-state index contributed by atoms with van der Waals surface area (Å²) < 4.78 is 0. The molecule has 0 heteroatoms. The molecule has 0 atom stereocenters. The van der Waals surface area contributed by atoms with Crippen molar-refractivity contribution in [1.29, 1.82) is 0 Å². The van der Waals surface area contributed by atoms with E-state index in [2.05, 4.69) is 26.5 Å². The Balaban J connectivity index is 3.51. The fourth-order valence-electron chi connectivity index (χ4n) is 0.953. The molecule has 58 valence electrons. The van der Waals surface area contributed by atoms with E-state index in [1.54, 1.807) is 0 Å². The normalized spacial score (nSPS) is 11.6. The topological polar surface area (TPSA) is 0 Å². The molecule has 0 aliphatic rings. The maximum Gasteiger partial charge on any atom is -0.0142 e. The Kier molecular flexibility index (Phi) is 6.25. The van der Waals surface area contributed by atoms with Gasteiger partial charge in [0.25, 0.3) is 0 Å². The third-order valence-electron chi connectivity index (χ3n) is 1.67. The lowest BCUT2D eigenvalue weighted by molar-refractivity contribution is 0.774. The summed E-state index contributed by atoms with van der Waals surface area (Å²) >= 11 is 0. The first-order valence-corrected chi connectivity index (χ1v) is 4.10. The van der Waals surface area contributed by atoms with Crippen LogP contribution in [0.4, 0.5) is 0 Å². The SMILES string of the molecule is C=CC/C(=C/C)CCCC. The van der Waals surface area contributed by atoms with E-state index >= 15 is 0 Å². The van der Waals surface area contributed by atoms with E-state index in [9.17, 15) is 0 Å². The predicted molar refractivity (Wildman–Crippen MR) is 48.1 cm³/mol. The van der Waals surface area contributed by atoms with E-state index in [0.717, 1.165) is 6.42 Å². The van der Waals surface area contributed by atoms with Gasteiger partial charge < -0.3 is 0 Å². The van der Waals surface area contributed by atoms with Crippen molar-refractivity contribution in [3.8, 4) is 0 Å². The molecule has 0 saturated carbocycles. The van der Waals surface area contributed by atoms with Crippen molar-refractivity contribution in [1.82, 2.24) is 0 Å². The van der Waals surface area contributed by atoms with Crippen molar-refractivity contribution >= 4 is 0 Å². The average Bonchev–Trinajstić information content (AvgIpc) is 1.98. The number of allylic oxidation sites excluding steroid dienone is 3. The molecule has 0 aromatic carbocycles. The lowest BCUT2D eigenvalue weighted by atomic mass is 10.1. The van der Waals surface area contributed by atoms with E-state index in [4.69, 9.17) is 0 Å². The summed E-state index contributed by atoms with van der Waals surface area (Å²) in [5.74, 6) is 0. The quantitative estimate of drug-likeness (QED) is 0.508. The van der Waals surface area contributed by atoms with Gasteiger partial charge in [-0.3, -0.25) is 0 Å². The molecule has 0 N–H and O–H groups in total. The summed E-state index contributed by atoms with van der Waals surface area (Å²) in [6.07, 6.45) is 9.10. The van der Waals surface area contributed by atoms with Gasteiger partial charge in [-0.1, -0.05) is 31.1 Å². The van der Waals surface area contributed by atoms with Crippen LogP contribution in [0.3, 0.4) is 0 Å². The Bertz CT molecular complexity index is 109. The molecular formula is C10H18. The van der Waals surface area contributed by atoms with Crippen molar-refractivity contribution in [3.05, 3.63) is 24.3 Å². The van der Waals surface area contributed by atoms with Crippen molar-refractivity contribution < 1.29 is 0 Å². The third kappa shape index (κ3) is 4.37. The minimum absolute atomic E-state index is 1.07.